The molecular formula is C26H27N7O3S. The van der Waals surface area contributed by atoms with Crippen LogP contribution in [0.25, 0.3) is 15.9 Å². The van der Waals surface area contributed by atoms with Crippen LogP contribution < -0.4 is 11.1 Å². The van der Waals surface area contributed by atoms with Gasteiger partial charge < -0.3 is 25.4 Å². The maximum Gasteiger partial charge on any atom is 0.261 e. The van der Waals surface area contributed by atoms with E-state index in [4.69, 9.17) is 10.6 Å². The summed E-state index contributed by atoms with van der Waals surface area (Å²) in [4.78, 5) is 41.8. The standard InChI is InChI=1S/C26H27N7O3S/c1-2-28-24(35)20-16-19-23(29-26(27)30-25(19)37-20)22(31-36-15-14-33-13-5-6-21(33)34)17-7-9-18(10-8-17)32-11-3-4-12-32/h3-4,7-12,16H,2,5-6,13-15H2,1H3,(H,28,35)(H2,27,29,30)/b31-22-. The maximum atomic E-state index is 12.5. The number of hydrogen-bond acceptors (Lipinski definition) is 8. The SMILES string of the molecule is CCNC(=O)c1cc2c(/C(=N\OCCN3CCCC3=O)c3ccc(-n4cccc4)cc3)nc(N)nc2s1. The molecule has 1 aromatic carbocycles. The van der Waals surface area contributed by atoms with Gasteiger partial charge in [-0.15, -0.1) is 11.3 Å². The zero-order valence-electron chi connectivity index (χ0n) is 20.4. The number of thiophene rings is 1. The number of benzene rings is 1. The largest absolute Gasteiger partial charge is 0.393 e. The number of oxime groups is 1. The molecule has 0 aliphatic carbocycles. The molecule has 11 heteroatoms. The van der Waals surface area contributed by atoms with Crippen LogP contribution in [0.1, 0.15) is 40.7 Å². The highest BCUT2D eigenvalue weighted by molar-refractivity contribution is 7.20. The molecule has 1 aliphatic heterocycles. The quantitative estimate of drug-likeness (QED) is 0.199. The van der Waals surface area contributed by atoms with Gasteiger partial charge in [0, 0.05) is 48.5 Å². The lowest BCUT2D eigenvalue weighted by Crippen LogP contribution is -2.28. The van der Waals surface area contributed by atoms with Gasteiger partial charge in [0.25, 0.3) is 5.91 Å². The van der Waals surface area contributed by atoms with Crippen molar-refractivity contribution >= 4 is 45.0 Å². The Bertz CT molecular complexity index is 1450. The van der Waals surface area contributed by atoms with E-state index in [1.54, 1.807) is 11.0 Å². The molecule has 2 amide bonds. The van der Waals surface area contributed by atoms with Gasteiger partial charge in [0.05, 0.1) is 11.4 Å². The van der Waals surface area contributed by atoms with E-state index in [1.165, 1.54) is 11.3 Å². The van der Waals surface area contributed by atoms with Crippen molar-refractivity contribution in [3.63, 3.8) is 0 Å². The molecule has 1 saturated heterocycles. The zero-order chi connectivity index (χ0) is 25.8. The summed E-state index contributed by atoms with van der Waals surface area (Å²) in [6.45, 7) is 3.82. The van der Waals surface area contributed by atoms with Crippen LogP contribution in [-0.2, 0) is 9.63 Å². The summed E-state index contributed by atoms with van der Waals surface area (Å²) in [7, 11) is 0. The van der Waals surface area contributed by atoms with E-state index in [9.17, 15) is 9.59 Å². The molecule has 5 rings (SSSR count). The van der Waals surface area contributed by atoms with Crippen molar-refractivity contribution < 1.29 is 14.4 Å². The summed E-state index contributed by atoms with van der Waals surface area (Å²) >= 11 is 1.25. The van der Waals surface area contributed by atoms with Crippen molar-refractivity contribution in [2.75, 3.05) is 32.0 Å². The van der Waals surface area contributed by atoms with Crippen LogP contribution in [-0.4, -0.2) is 63.2 Å². The van der Waals surface area contributed by atoms with Crippen LogP contribution in [0, 0.1) is 0 Å². The molecule has 0 bridgehead atoms. The third kappa shape index (κ3) is 5.31. The number of nitrogens with one attached hydrogen (secondary N) is 1. The molecule has 190 valence electrons. The fourth-order valence-electron chi connectivity index (χ4n) is 4.21. The molecule has 0 unspecified atom stereocenters. The van der Waals surface area contributed by atoms with E-state index in [-0.39, 0.29) is 24.4 Å². The third-order valence-electron chi connectivity index (χ3n) is 6.02. The summed E-state index contributed by atoms with van der Waals surface area (Å²) in [5.41, 5.74) is 8.75. The summed E-state index contributed by atoms with van der Waals surface area (Å²) < 4.78 is 2.00. The molecule has 10 nitrogen and oxygen atoms in total. The monoisotopic (exact) mass is 517 g/mol. The van der Waals surface area contributed by atoms with Crippen LogP contribution in [0.2, 0.25) is 0 Å². The van der Waals surface area contributed by atoms with Gasteiger partial charge in [-0.05, 0) is 43.7 Å². The van der Waals surface area contributed by atoms with Crippen LogP contribution in [0.3, 0.4) is 0 Å². The molecule has 37 heavy (non-hydrogen) atoms. The van der Waals surface area contributed by atoms with Crippen molar-refractivity contribution in [2.45, 2.75) is 19.8 Å². The highest BCUT2D eigenvalue weighted by Crippen LogP contribution is 2.29. The fraction of sp³-hybridized carbons (Fsp3) is 0.269. The Morgan fingerprint density at radius 2 is 2.00 bits per heavy atom. The van der Waals surface area contributed by atoms with Crippen LogP contribution >= 0.6 is 11.3 Å². The number of carbonyl (C=O) groups is 2. The number of anilines is 1. The number of aromatic nitrogens is 3. The van der Waals surface area contributed by atoms with Gasteiger partial charge in [0.2, 0.25) is 11.9 Å². The van der Waals surface area contributed by atoms with E-state index in [0.29, 0.717) is 46.0 Å². The molecule has 1 aliphatic rings. The lowest BCUT2D eigenvalue weighted by atomic mass is 10.0. The van der Waals surface area contributed by atoms with Gasteiger partial charge in [-0.3, -0.25) is 9.59 Å². The number of hydrogen-bond donors (Lipinski definition) is 2. The predicted octanol–water partition coefficient (Wildman–Crippen LogP) is 3.21. The lowest BCUT2D eigenvalue weighted by Gasteiger charge is -2.14. The van der Waals surface area contributed by atoms with Gasteiger partial charge in [-0.1, -0.05) is 17.3 Å². The second-order valence-electron chi connectivity index (χ2n) is 8.51. The second kappa shape index (κ2) is 10.8. The number of nitrogens with zero attached hydrogens (tertiary/aromatic N) is 5. The molecular weight excluding hydrogens is 490 g/mol. The summed E-state index contributed by atoms with van der Waals surface area (Å²) in [6.07, 6.45) is 5.38. The molecule has 4 heterocycles. The first-order chi connectivity index (χ1) is 18.0. The maximum absolute atomic E-state index is 12.5. The van der Waals surface area contributed by atoms with E-state index in [0.717, 1.165) is 24.2 Å². The van der Waals surface area contributed by atoms with Crippen LogP contribution in [0.5, 0.6) is 0 Å². The first-order valence-corrected chi connectivity index (χ1v) is 12.9. The van der Waals surface area contributed by atoms with Crippen molar-refractivity contribution in [1.82, 2.24) is 24.8 Å². The van der Waals surface area contributed by atoms with Gasteiger partial charge in [-0.25, -0.2) is 9.97 Å². The number of fused-ring (bicyclic) bond motifs is 1. The minimum atomic E-state index is -0.184. The number of amides is 2. The Morgan fingerprint density at radius 1 is 1.22 bits per heavy atom. The van der Waals surface area contributed by atoms with Gasteiger partial charge in [-0.2, -0.15) is 0 Å². The molecule has 0 spiro atoms. The Morgan fingerprint density at radius 3 is 2.70 bits per heavy atom. The number of nitrogens with two attached hydrogens (primary N) is 1. The topological polar surface area (TPSA) is 128 Å². The highest BCUT2D eigenvalue weighted by Gasteiger charge is 2.22. The van der Waals surface area contributed by atoms with E-state index in [2.05, 4.69) is 20.4 Å². The van der Waals surface area contributed by atoms with Gasteiger partial charge in [0.15, 0.2) is 0 Å². The number of nitrogen functional groups attached to an aromatic ring is 1. The van der Waals surface area contributed by atoms with Crippen molar-refractivity contribution in [1.29, 1.82) is 0 Å². The number of carbonyl (C=O) groups excluding carboxylic acids is 2. The van der Waals surface area contributed by atoms with E-state index in [1.807, 2.05) is 60.3 Å². The molecule has 3 N–H and O–H groups in total. The summed E-state index contributed by atoms with van der Waals surface area (Å²) in [5.74, 6) is 0.0251. The Balaban J connectivity index is 1.51. The molecule has 0 radical (unpaired) electrons. The molecule has 3 aromatic heterocycles. The summed E-state index contributed by atoms with van der Waals surface area (Å²) in [6, 6.07) is 13.5. The molecule has 0 atom stereocenters. The molecule has 4 aromatic rings. The zero-order valence-corrected chi connectivity index (χ0v) is 21.2. The van der Waals surface area contributed by atoms with Crippen molar-refractivity contribution in [2.24, 2.45) is 5.16 Å². The van der Waals surface area contributed by atoms with Crippen LogP contribution in [0.15, 0.2) is 60.0 Å². The normalized spacial score (nSPS) is 13.9. The fourth-order valence-corrected chi connectivity index (χ4v) is 5.17. The van der Waals surface area contributed by atoms with Gasteiger partial charge in [0.1, 0.15) is 22.8 Å². The van der Waals surface area contributed by atoms with Crippen molar-refractivity contribution in [3.8, 4) is 5.69 Å². The Hall–Kier alpha value is -4.25. The second-order valence-corrected chi connectivity index (χ2v) is 9.54. The summed E-state index contributed by atoms with van der Waals surface area (Å²) in [5, 5.41) is 7.93. The molecule has 0 saturated carbocycles. The number of likely N-dealkylation sites (tertiary alicyclic amines) is 1. The highest BCUT2D eigenvalue weighted by atomic mass is 32.1. The smallest absolute Gasteiger partial charge is 0.261 e. The first kappa shape index (κ1) is 24.4. The minimum Gasteiger partial charge on any atom is -0.393 e. The van der Waals surface area contributed by atoms with Crippen LogP contribution in [0.4, 0.5) is 5.95 Å². The minimum absolute atomic E-state index is 0.0751. The average molecular weight is 518 g/mol. The van der Waals surface area contributed by atoms with E-state index >= 15 is 0 Å². The molecule has 1 fully saturated rings. The van der Waals surface area contributed by atoms with Gasteiger partial charge >= 0.3 is 0 Å². The lowest BCUT2D eigenvalue weighted by molar-refractivity contribution is -0.128. The predicted molar refractivity (Wildman–Crippen MR) is 143 cm³/mol. The Labute approximate surface area is 217 Å². The number of rotatable bonds is 9. The van der Waals surface area contributed by atoms with E-state index < -0.39 is 0 Å². The third-order valence-corrected chi connectivity index (χ3v) is 7.05. The first-order valence-electron chi connectivity index (χ1n) is 12.1. The Kier molecular flexibility index (Phi) is 7.13. The van der Waals surface area contributed by atoms with Crippen molar-refractivity contribution in [3.05, 3.63) is 71.0 Å². The average Bonchev–Trinajstić information content (AvgIpc) is 3.66.